The maximum Gasteiger partial charge on any atom is 0.192 e. The zero-order valence-corrected chi connectivity index (χ0v) is 10.6. The summed E-state index contributed by atoms with van der Waals surface area (Å²) in [6.45, 7) is 3.81. The number of carbonyl (C=O) groups excluding carboxylic acids is 1. The molecule has 0 unspecified atom stereocenters. The monoisotopic (exact) mass is 246 g/mol. The van der Waals surface area contributed by atoms with Crippen LogP contribution in [0.4, 0.5) is 0 Å². The van der Waals surface area contributed by atoms with Gasteiger partial charge in [0.1, 0.15) is 0 Å². The van der Waals surface area contributed by atoms with E-state index in [0.29, 0.717) is 10.7 Å². The van der Waals surface area contributed by atoms with Gasteiger partial charge in [0.05, 0.1) is 6.04 Å². The lowest BCUT2D eigenvalue weighted by atomic mass is 9.95. The number of hydrogen-bond acceptors (Lipinski definition) is 2. The fourth-order valence-electron chi connectivity index (χ4n) is 1.98. The molecule has 0 radical (unpaired) electrons. The maximum atomic E-state index is 12.3. The Balaban J connectivity index is 2.37. The SMILES string of the molecule is CC1=C(C(=O)c2ccccc2)[C@H](C)NC(=S)N1. The van der Waals surface area contributed by atoms with E-state index in [1.807, 2.05) is 44.2 Å². The second kappa shape index (κ2) is 4.67. The van der Waals surface area contributed by atoms with E-state index in [1.165, 1.54) is 0 Å². The van der Waals surface area contributed by atoms with E-state index in [2.05, 4.69) is 10.6 Å². The molecule has 1 atom stereocenters. The van der Waals surface area contributed by atoms with Crippen molar-refractivity contribution in [2.45, 2.75) is 19.9 Å². The summed E-state index contributed by atoms with van der Waals surface area (Å²) in [5, 5.41) is 6.61. The van der Waals surface area contributed by atoms with Crippen molar-refractivity contribution in [1.29, 1.82) is 0 Å². The minimum atomic E-state index is -0.0588. The van der Waals surface area contributed by atoms with E-state index in [-0.39, 0.29) is 11.8 Å². The maximum absolute atomic E-state index is 12.3. The first-order valence-electron chi connectivity index (χ1n) is 5.47. The Morgan fingerprint density at radius 2 is 1.94 bits per heavy atom. The van der Waals surface area contributed by atoms with Gasteiger partial charge in [-0.15, -0.1) is 0 Å². The van der Waals surface area contributed by atoms with Crippen molar-refractivity contribution in [3.63, 3.8) is 0 Å². The predicted molar refractivity (Wildman–Crippen MR) is 71.8 cm³/mol. The van der Waals surface area contributed by atoms with Crippen LogP contribution < -0.4 is 10.6 Å². The minimum absolute atomic E-state index is 0.0399. The Labute approximate surface area is 106 Å². The molecule has 17 heavy (non-hydrogen) atoms. The highest BCUT2D eigenvalue weighted by Crippen LogP contribution is 2.17. The quantitative estimate of drug-likeness (QED) is 0.618. The summed E-state index contributed by atoms with van der Waals surface area (Å²) in [4.78, 5) is 12.3. The molecule has 1 heterocycles. The lowest BCUT2D eigenvalue weighted by molar-refractivity contribution is 0.102. The average molecular weight is 246 g/mol. The molecule has 1 aliphatic rings. The highest BCUT2D eigenvalue weighted by Gasteiger charge is 2.25. The first-order valence-corrected chi connectivity index (χ1v) is 5.88. The molecule has 0 aliphatic carbocycles. The van der Waals surface area contributed by atoms with E-state index < -0.39 is 0 Å². The standard InChI is InChI=1S/C13H14N2OS/c1-8-11(9(2)15-13(17)14-8)12(16)10-6-4-3-5-7-10/h3-8H,1-2H3,(H2,14,15,17)/t8-/m0/s1. The molecule has 0 saturated heterocycles. The molecule has 4 heteroatoms. The summed E-state index contributed by atoms with van der Waals surface area (Å²) in [6.07, 6.45) is 0. The third-order valence-corrected chi connectivity index (χ3v) is 2.99. The van der Waals surface area contributed by atoms with Crippen LogP contribution in [0.3, 0.4) is 0 Å². The molecule has 0 bridgehead atoms. The highest BCUT2D eigenvalue weighted by atomic mass is 32.1. The van der Waals surface area contributed by atoms with Crippen molar-refractivity contribution < 1.29 is 4.79 Å². The van der Waals surface area contributed by atoms with Gasteiger partial charge in [0, 0.05) is 16.8 Å². The molecule has 2 N–H and O–H groups in total. The van der Waals surface area contributed by atoms with Crippen LogP contribution in [0, 0.1) is 0 Å². The summed E-state index contributed by atoms with van der Waals surface area (Å²) < 4.78 is 0. The smallest absolute Gasteiger partial charge is 0.192 e. The highest BCUT2D eigenvalue weighted by molar-refractivity contribution is 7.80. The molecule has 0 aromatic heterocycles. The van der Waals surface area contributed by atoms with Crippen LogP contribution in [-0.2, 0) is 0 Å². The topological polar surface area (TPSA) is 41.1 Å². The normalized spacial score (nSPS) is 19.6. The van der Waals surface area contributed by atoms with Gasteiger partial charge < -0.3 is 10.6 Å². The minimum Gasteiger partial charge on any atom is -0.356 e. The molecule has 2 rings (SSSR count). The van der Waals surface area contributed by atoms with Gasteiger partial charge in [-0.25, -0.2) is 0 Å². The number of thiocarbonyl (C=S) groups is 1. The van der Waals surface area contributed by atoms with Crippen molar-refractivity contribution in [2.75, 3.05) is 0 Å². The fraction of sp³-hybridized carbons (Fsp3) is 0.231. The molecular weight excluding hydrogens is 232 g/mol. The molecule has 0 amide bonds. The second-order valence-electron chi connectivity index (χ2n) is 4.05. The van der Waals surface area contributed by atoms with Crippen molar-refractivity contribution in [3.8, 4) is 0 Å². The zero-order valence-electron chi connectivity index (χ0n) is 9.78. The molecule has 88 valence electrons. The summed E-state index contributed by atoms with van der Waals surface area (Å²) in [5.74, 6) is 0.0399. The lowest BCUT2D eigenvalue weighted by Crippen LogP contribution is -2.48. The van der Waals surface area contributed by atoms with E-state index in [9.17, 15) is 4.79 Å². The van der Waals surface area contributed by atoms with Gasteiger partial charge in [-0.3, -0.25) is 4.79 Å². The number of rotatable bonds is 2. The Hall–Kier alpha value is -1.68. The van der Waals surface area contributed by atoms with E-state index in [0.717, 1.165) is 11.3 Å². The third-order valence-electron chi connectivity index (χ3n) is 2.77. The van der Waals surface area contributed by atoms with E-state index in [1.54, 1.807) is 0 Å². The van der Waals surface area contributed by atoms with E-state index in [4.69, 9.17) is 12.2 Å². The van der Waals surface area contributed by atoms with Gasteiger partial charge in [0.2, 0.25) is 0 Å². The fourth-order valence-corrected chi connectivity index (χ4v) is 2.31. The van der Waals surface area contributed by atoms with Crippen molar-refractivity contribution in [3.05, 3.63) is 47.2 Å². The Bertz CT molecular complexity index is 493. The van der Waals surface area contributed by atoms with Crippen LogP contribution in [0.25, 0.3) is 0 Å². The molecule has 1 aliphatic heterocycles. The van der Waals surface area contributed by atoms with Gasteiger partial charge in [-0.05, 0) is 26.1 Å². The van der Waals surface area contributed by atoms with Gasteiger partial charge >= 0.3 is 0 Å². The zero-order chi connectivity index (χ0) is 12.4. The van der Waals surface area contributed by atoms with Gasteiger partial charge in [-0.2, -0.15) is 0 Å². The third kappa shape index (κ3) is 2.36. The Kier molecular flexibility index (Phi) is 3.24. The van der Waals surface area contributed by atoms with Crippen molar-refractivity contribution in [1.82, 2.24) is 10.6 Å². The molecule has 1 aromatic carbocycles. The van der Waals surface area contributed by atoms with Gasteiger partial charge in [0.25, 0.3) is 0 Å². The molecule has 0 spiro atoms. The average Bonchev–Trinajstić information content (AvgIpc) is 2.28. The van der Waals surface area contributed by atoms with Crippen LogP contribution in [0.2, 0.25) is 0 Å². The molecule has 3 nitrogen and oxygen atoms in total. The molecule has 0 fully saturated rings. The van der Waals surface area contributed by atoms with Crippen LogP contribution in [0.15, 0.2) is 41.6 Å². The summed E-state index contributed by atoms with van der Waals surface area (Å²) in [6, 6.07) is 9.21. The van der Waals surface area contributed by atoms with E-state index >= 15 is 0 Å². The number of nitrogens with one attached hydrogen (secondary N) is 2. The van der Waals surface area contributed by atoms with Crippen LogP contribution in [0.5, 0.6) is 0 Å². The van der Waals surface area contributed by atoms with Gasteiger partial charge in [-0.1, -0.05) is 30.3 Å². The lowest BCUT2D eigenvalue weighted by Gasteiger charge is -2.27. The number of benzene rings is 1. The number of carbonyl (C=O) groups is 1. The number of hydrogen-bond donors (Lipinski definition) is 2. The second-order valence-corrected chi connectivity index (χ2v) is 4.46. The van der Waals surface area contributed by atoms with Crippen LogP contribution in [-0.4, -0.2) is 16.9 Å². The Morgan fingerprint density at radius 1 is 1.29 bits per heavy atom. The first kappa shape index (κ1) is 11.8. The van der Waals surface area contributed by atoms with Crippen LogP contribution >= 0.6 is 12.2 Å². The molecular formula is C13H14N2OS. The largest absolute Gasteiger partial charge is 0.356 e. The van der Waals surface area contributed by atoms with Gasteiger partial charge in [0.15, 0.2) is 10.9 Å². The number of Topliss-reactive ketones (excluding diaryl/α,β-unsaturated/α-hetero) is 1. The summed E-state index contributed by atoms with van der Waals surface area (Å²) >= 11 is 5.05. The molecule has 1 aromatic rings. The van der Waals surface area contributed by atoms with Crippen molar-refractivity contribution in [2.24, 2.45) is 0 Å². The summed E-state index contributed by atoms with van der Waals surface area (Å²) in [7, 11) is 0. The summed E-state index contributed by atoms with van der Waals surface area (Å²) in [5.41, 5.74) is 2.27. The van der Waals surface area contributed by atoms with Crippen molar-refractivity contribution >= 4 is 23.1 Å². The Morgan fingerprint density at radius 3 is 2.53 bits per heavy atom. The first-order chi connectivity index (χ1) is 8.09. The number of ketones is 1. The predicted octanol–water partition coefficient (Wildman–Crippen LogP) is 2.01. The van der Waals surface area contributed by atoms with Crippen LogP contribution in [0.1, 0.15) is 24.2 Å². The number of allylic oxidation sites excluding steroid dienone is 1. The molecule has 0 saturated carbocycles.